The maximum atomic E-state index is 12.2. The van der Waals surface area contributed by atoms with Gasteiger partial charge in [-0.3, -0.25) is 4.79 Å². The highest BCUT2D eigenvalue weighted by Gasteiger charge is 2.21. The summed E-state index contributed by atoms with van der Waals surface area (Å²) in [6.07, 6.45) is 0. The van der Waals surface area contributed by atoms with Crippen molar-refractivity contribution < 1.29 is 9.90 Å². The van der Waals surface area contributed by atoms with E-state index in [2.05, 4.69) is 4.98 Å². The molecule has 2 rings (SSSR count). The summed E-state index contributed by atoms with van der Waals surface area (Å²) in [5.74, 6) is -0.156. The minimum atomic E-state index is -0.916. The zero-order chi connectivity index (χ0) is 14.2. The molecule has 0 unspecified atom stereocenters. The molecule has 0 aliphatic carbocycles. The van der Waals surface area contributed by atoms with Crippen LogP contribution in [0.15, 0.2) is 24.3 Å². The highest BCUT2D eigenvalue weighted by molar-refractivity contribution is 5.98. The van der Waals surface area contributed by atoms with Gasteiger partial charge >= 0.3 is 0 Å². The third-order valence-electron chi connectivity index (χ3n) is 2.85. The van der Waals surface area contributed by atoms with E-state index < -0.39 is 5.60 Å². The number of carbonyl (C=O) groups is 1. The lowest BCUT2D eigenvalue weighted by Crippen LogP contribution is -2.39. The maximum absolute atomic E-state index is 12.2. The van der Waals surface area contributed by atoms with Crippen LogP contribution >= 0.6 is 0 Å². The van der Waals surface area contributed by atoms with Crippen LogP contribution in [0.5, 0.6) is 0 Å². The summed E-state index contributed by atoms with van der Waals surface area (Å²) < 4.78 is 0. The van der Waals surface area contributed by atoms with E-state index in [0.717, 1.165) is 10.9 Å². The largest absolute Gasteiger partial charge is 0.399 e. The van der Waals surface area contributed by atoms with E-state index in [9.17, 15) is 9.90 Å². The Morgan fingerprint density at radius 2 is 2.11 bits per heavy atom. The first-order valence-corrected chi connectivity index (χ1v) is 6.12. The zero-order valence-electron chi connectivity index (χ0n) is 11.4. The molecule has 0 aliphatic heterocycles. The summed E-state index contributed by atoms with van der Waals surface area (Å²) in [7, 11) is 1.67. The van der Waals surface area contributed by atoms with Crippen LogP contribution in [0.1, 0.15) is 24.3 Å². The number of likely N-dealkylation sites (N-methyl/N-ethyl adjacent to an activating group) is 1. The van der Waals surface area contributed by atoms with Gasteiger partial charge in [0.25, 0.3) is 5.91 Å². The summed E-state index contributed by atoms with van der Waals surface area (Å²) >= 11 is 0. The summed E-state index contributed by atoms with van der Waals surface area (Å²) in [5.41, 5.74) is 6.82. The molecule has 19 heavy (non-hydrogen) atoms. The number of amides is 1. The van der Waals surface area contributed by atoms with Gasteiger partial charge in [-0.2, -0.15) is 0 Å². The number of fused-ring (bicyclic) bond motifs is 1. The quantitative estimate of drug-likeness (QED) is 0.734. The number of carbonyl (C=O) groups excluding carboxylic acids is 1. The van der Waals surface area contributed by atoms with Crippen LogP contribution in [-0.2, 0) is 0 Å². The number of nitrogens with two attached hydrogens (primary N) is 1. The first-order chi connectivity index (χ1) is 8.76. The van der Waals surface area contributed by atoms with E-state index in [1.807, 2.05) is 12.1 Å². The lowest BCUT2D eigenvalue weighted by Gasteiger charge is -2.25. The van der Waals surface area contributed by atoms with Gasteiger partial charge in [-0.25, -0.2) is 0 Å². The van der Waals surface area contributed by atoms with Gasteiger partial charge in [0.15, 0.2) is 0 Å². The predicted octanol–water partition coefficient (Wildman–Crippen LogP) is 1.59. The van der Waals surface area contributed by atoms with Crippen molar-refractivity contribution in [3.63, 3.8) is 0 Å². The number of aromatic amines is 1. The number of nitrogen functional groups attached to an aromatic ring is 1. The Balaban J connectivity index is 2.26. The fraction of sp³-hybridized carbons (Fsp3) is 0.357. The van der Waals surface area contributed by atoms with Crippen molar-refractivity contribution in [1.29, 1.82) is 0 Å². The molecule has 5 heteroatoms. The van der Waals surface area contributed by atoms with Crippen LogP contribution in [0.2, 0.25) is 0 Å². The molecule has 0 atom stereocenters. The Bertz CT molecular complexity index is 611. The Kier molecular flexibility index (Phi) is 3.24. The number of aromatic nitrogens is 1. The number of nitrogens with zero attached hydrogens (tertiary/aromatic N) is 1. The number of nitrogens with one attached hydrogen (secondary N) is 1. The van der Waals surface area contributed by atoms with Gasteiger partial charge < -0.3 is 20.7 Å². The van der Waals surface area contributed by atoms with Crippen LogP contribution < -0.4 is 5.73 Å². The van der Waals surface area contributed by atoms with Crippen molar-refractivity contribution in [3.8, 4) is 0 Å². The SMILES string of the molecule is CN(CC(C)(C)O)C(=O)c1cc2cc(N)ccc2[nH]1. The second kappa shape index (κ2) is 4.59. The van der Waals surface area contributed by atoms with E-state index in [0.29, 0.717) is 11.4 Å². The van der Waals surface area contributed by atoms with Crippen LogP contribution in [0.4, 0.5) is 5.69 Å². The van der Waals surface area contributed by atoms with Gasteiger partial charge in [0.05, 0.1) is 5.60 Å². The van der Waals surface area contributed by atoms with E-state index in [4.69, 9.17) is 5.73 Å². The molecule has 1 aromatic heterocycles. The Morgan fingerprint density at radius 1 is 1.42 bits per heavy atom. The summed E-state index contributed by atoms with van der Waals surface area (Å²) in [6, 6.07) is 7.22. The number of hydrogen-bond acceptors (Lipinski definition) is 3. The molecule has 0 radical (unpaired) electrons. The van der Waals surface area contributed by atoms with Gasteiger partial charge in [0, 0.05) is 30.2 Å². The van der Waals surface area contributed by atoms with Gasteiger partial charge in [-0.1, -0.05) is 0 Å². The lowest BCUT2D eigenvalue weighted by molar-refractivity contribution is 0.0365. The normalized spacial score (nSPS) is 11.8. The van der Waals surface area contributed by atoms with Crippen LogP contribution in [0, 0.1) is 0 Å². The number of benzene rings is 1. The molecule has 1 amide bonds. The monoisotopic (exact) mass is 261 g/mol. The Morgan fingerprint density at radius 3 is 2.74 bits per heavy atom. The number of rotatable bonds is 3. The topological polar surface area (TPSA) is 82.3 Å². The molecule has 1 aromatic carbocycles. The molecule has 0 saturated carbocycles. The van der Waals surface area contributed by atoms with Gasteiger partial charge in [0.2, 0.25) is 0 Å². The zero-order valence-corrected chi connectivity index (χ0v) is 11.4. The van der Waals surface area contributed by atoms with Crippen molar-refractivity contribution in [2.75, 3.05) is 19.3 Å². The van der Waals surface area contributed by atoms with Crippen LogP contribution in [0.3, 0.4) is 0 Å². The maximum Gasteiger partial charge on any atom is 0.270 e. The fourth-order valence-corrected chi connectivity index (χ4v) is 2.12. The molecule has 1 heterocycles. The average molecular weight is 261 g/mol. The average Bonchev–Trinajstić information content (AvgIpc) is 2.68. The van der Waals surface area contributed by atoms with Crippen molar-refractivity contribution in [1.82, 2.24) is 9.88 Å². The van der Waals surface area contributed by atoms with Gasteiger partial charge in [0.1, 0.15) is 5.69 Å². The molecule has 0 bridgehead atoms. The molecule has 0 saturated heterocycles. The molecule has 0 spiro atoms. The van der Waals surface area contributed by atoms with E-state index in [-0.39, 0.29) is 12.5 Å². The molecule has 4 N–H and O–H groups in total. The minimum absolute atomic E-state index is 0.156. The number of anilines is 1. The third kappa shape index (κ3) is 3.06. The molecule has 0 fully saturated rings. The van der Waals surface area contributed by atoms with Crippen molar-refractivity contribution >= 4 is 22.5 Å². The third-order valence-corrected chi connectivity index (χ3v) is 2.85. The molecule has 102 valence electrons. The van der Waals surface area contributed by atoms with Crippen molar-refractivity contribution in [2.24, 2.45) is 0 Å². The van der Waals surface area contributed by atoms with Crippen molar-refractivity contribution in [3.05, 3.63) is 30.0 Å². The van der Waals surface area contributed by atoms with E-state index in [1.54, 1.807) is 33.0 Å². The molecular weight excluding hydrogens is 242 g/mol. The highest BCUT2D eigenvalue weighted by atomic mass is 16.3. The summed E-state index contributed by atoms with van der Waals surface area (Å²) in [4.78, 5) is 16.8. The van der Waals surface area contributed by atoms with E-state index in [1.165, 1.54) is 4.90 Å². The predicted molar refractivity (Wildman–Crippen MR) is 76.0 cm³/mol. The van der Waals surface area contributed by atoms with Gasteiger partial charge in [-0.15, -0.1) is 0 Å². The molecule has 5 nitrogen and oxygen atoms in total. The summed E-state index contributed by atoms with van der Waals surface area (Å²) in [5, 5.41) is 10.6. The smallest absolute Gasteiger partial charge is 0.270 e. The minimum Gasteiger partial charge on any atom is -0.399 e. The first-order valence-electron chi connectivity index (χ1n) is 6.12. The summed E-state index contributed by atoms with van der Waals surface area (Å²) in [6.45, 7) is 3.61. The first kappa shape index (κ1) is 13.4. The Hall–Kier alpha value is -2.01. The number of H-pyrrole nitrogens is 1. The van der Waals surface area contributed by atoms with E-state index >= 15 is 0 Å². The van der Waals surface area contributed by atoms with Crippen molar-refractivity contribution in [2.45, 2.75) is 19.4 Å². The fourth-order valence-electron chi connectivity index (χ4n) is 2.12. The number of hydrogen-bond donors (Lipinski definition) is 3. The molecule has 2 aromatic rings. The second-order valence-corrected chi connectivity index (χ2v) is 5.50. The molecule has 0 aliphatic rings. The highest BCUT2D eigenvalue weighted by Crippen LogP contribution is 2.19. The van der Waals surface area contributed by atoms with Crippen LogP contribution in [-0.4, -0.2) is 40.1 Å². The molecular formula is C14H19N3O2. The second-order valence-electron chi connectivity index (χ2n) is 5.50. The Labute approximate surface area is 112 Å². The van der Waals surface area contributed by atoms with Gasteiger partial charge in [-0.05, 0) is 38.1 Å². The van der Waals surface area contributed by atoms with Crippen LogP contribution in [0.25, 0.3) is 10.9 Å². The number of aliphatic hydroxyl groups is 1. The lowest BCUT2D eigenvalue weighted by atomic mass is 10.1. The standard InChI is InChI=1S/C14H19N3O2/c1-14(2,19)8-17(3)13(18)12-7-9-6-10(15)4-5-11(9)16-12/h4-7,16,19H,8,15H2,1-3H3.